The van der Waals surface area contributed by atoms with Crippen molar-refractivity contribution in [3.8, 4) is 0 Å². The molecule has 2 heterocycles. The van der Waals surface area contributed by atoms with Crippen molar-refractivity contribution in [3.05, 3.63) is 58.0 Å². The van der Waals surface area contributed by atoms with Gasteiger partial charge < -0.3 is 10.2 Å². The van der Waals surface area contributed by atoms with Gasteiger partial charge in [-0.05, 0) is 42.0 Å². The lowest BCUT2D eigenvalue weighted by Crippen LogP contribution is -2.41. The molecular weight excluding hydrogens is 311 g/mol. The van der Waals surface area contributed by atoms with E-state index in [1.54, 1.807) is 23.5 Å². The number of rotatable bonds is 3. The van der Waals surface area contributed by atoms with E-state index in [4.69, 9.17) is 0 Å². The number of nitrogens with one attached hydrogen (secondary N) is 1. The number of hydrogen-bond donors (Lipinski definition) is 1. The lowest BCUT2D eigenvalue weighted by molar-refractivity contribution is 0.176. The lowest BCUT2D eigenvalue weighted by Gasteiger charge is -2.29. The van der Waals surface area contributed by atoms with Gasteiger partial charge in [0.15, 0.2) is 0 Å². The Bertz CT molecular complexity index is 627. The summed E-state index contributed by atoms with van der Waals surface area (Å²) >= 11 is 1.71. The van der Waals surface area contributed by atoms with Crippen LogP contribution in [-0.4, -0.2) is 17.5 Å². The highest BCUT2D eigenvalue weighted by Gasteiger charge is 2.27. The van der Waals surface area contributed by atoms with E-state index in [2.05, 4.69) is 16.8 Å². The van der Waals surface area contributed by atoms with Gasteiger partial charge in [-0.2, -0.15) is 0 Å². The summed E-state index contributed by atoms with van der Waals surface area (Å²) in [5.41, 5.74) is 0.905. The molecule has 1 atom stereocenters. The van der Waals surface area contributed by atoms with Crippen molar-refractivity contribution in [3.63, 3.8) is 0 Å². The summed E-state index contributed by atoms with van der Waals surface area (Å²) in [5.74, 6) is -0.259. The molecular formula is C18H21FN2OS. The zero-order valence-electron chi connectivity index (χ0n) is 13.0. The summed E-state index contributed by atoms with van der Waals surface area (Å²) < 4.78 is 12.9. The fourth-order valence-electron chi connectivity index (χ4n) is 3.01. The summed E-state index contributed by atoms with van der Waals surface area (Å²) in [7, 11) is 0. The van der Waals surface area contributed by atoms with E-state index in [0.717, 1.165) is 31.4 Å². The number of likely N-dealkylation sites (tertiary alicyclic amines) is 1. The van der Waals surface area contributed by atoms with Crippen molar-refractivity contribution in [1.29, 1.82) is 0 Å². The number of nitrogens with zero attached hydrogens (tertiary/aromatic N) is 1. The van der Waals surface area contributed by atoms with Crippen LogP contribution in [0, 0.1) is 5.82 Å². The number of halogens is 1. The minimum atomic E-state index is -0.259. The van der Waals surface area contributed by atoms with Gasteiger partial charge in [0.1, 0.15) is 5.82 Å². The maximum atomic E-state index is 12.9. The maximum absolute atomic E-state index is 12.9. The standard InChI is InChI=1S/C18H21FN2OS/c19-15-9-7-14(8-10-15)13-20-18(22)21-11-3-1-2-5-16(21)17-6-4-12-23-17/h4,6-10,12,16H,1-3,5,11,13H2,(H,20,22). The van der Waals surface area contributed by atoms with Crippen LogP contribution in [0.25, 0.3) is 0 Å². The molecule has 1 aromatic carbocycles. The van der Waals surface area contributed by atoms with Gasteiger partial charge in [0.2, 0.25) is 0 Å². The molecule has 1 aliphatic heterocycles. The van der Waals surface area contributed by atoms with E-state index in [9.17, 15) is 9.18 Å². The summed E-state index contributed by atoms with van der Waals surface area (Å²) in [6.45, 7) is 1.21. The summed E-state index contributed by atoms with van der Waals surface area (Å²) in [4.78, 5) is 15.9. The first-order chi connectivity index (χ1) is 11.2. The second-order valence-corrected chi connectivity index (χ2v) is 6.84. The quantitative estimate of drug-likeness (QED) is 0.867. The topological polar surface area (TPSA) is 32.3 Å². The number of benzene rings is 1. The molecule has 5 heteroatoms. The molecule has 1 saturated heterocycles. The number of urea groups is 1. The highest BCUT2D eigenvalue weighted by Crippen LogP contribution is 2.32. The molecule has 0 spiro atoms. The number of thiophene rings is 1. The number of amides is 2. The fourth-order valence-corrected chi connectivity index (χ4v) is 3.88. The van der Waals surface area contributed by atoms with Crippen molar-refractivity contribution in [2.45, 2.75) is 38.3 Å². The van der Waals surface area contributed by atoms with Gasteiger partial charge in [-0.25, -0.2) is 9.18 Å². The monoisotopic (exact) mass is 332 g/mol. The van der Waals surface area contributed by atoms with Crippen LogP contribution in [-0.2, 0) is 6.54 Å². The highest BCUT2D eigenvalue weighted by atomic mass is 32.1. The van der Waals surface area contributed by atoms with Crippen LogP contribution in [0.2, 0.25) is 0 Å². The SMILES string of the molecule is O=C(NCc1ccc(F)cc1)N1CCCCCC1c1cccs1. The smallest absolute Gasteiger partial charge is 0.318 e. The molecule has 0 radical (unpaired) electrons. The molecule has 1 aliphatic rings. The van der Waals surface area contributed by atoms with E-state index >= 15 is 0 Å². The van der Waals surface area contributed by atoms with Crippen LogP contribution in [0.3, 0.4) is 0 Å². The van der Waals surface area contributed by atoms with Crippen LogP contribution in [0.1, 0.15) is 42.2 Å². The molecule has 1 N–H and O–H groups in total. The van der Waals surface area contributed by atoms with Gasteiger partial charge in [-0.1, -0.05) is 31.0 Å². The lowest BCUT2D eigenvalue weighted by atomic mass is 10.1. The van der Waals surface area contributed by atoms with Gasteiger partial charge in [-0.15, -0.1) is 11.3 Å². The first kappa shape index (κ1) is 16.0. The van der Waals surface area contributed by atoms with Crippen LogP contribution in [0.4, 0.5) is 9.18 Å². The number of carbonyl (C=O) groups is 1. The second kappa shape index (κ2) is 7.59. The molecule has 0 saturated carbocycles. The molecule has 0 aliphatic carbocycles. The molecule has 23 heavy (non-hydrogen) atoms. The third-order valence-corrected chi connectivity index (χ3v) is 5.22. The van der Waals surface area contributed by atoms with E-state index < -0.39 is 0 Å². The Morgan fingerprint density at radius 3 is 2.78 bits per heavy atom. The van der Waals surface area contributed by atoms with E-state index in [1.807, 2.05) is 11.0 Å². The van der Waals surface area contributed by atoms with Gasteiger partial charge >= 0.3 is 6.03 Å². The molecule has 122 valence electrons. The van der Waals surface area contributed by atoms with Gasteiger partial charge in [0, 0.05) is 18.0 Å². The Labute approximate surface area is 140 Å². The molecule has 2 amide bonds. The summed E-state index contributed by atoms with van der Waals surface area (Å²) in [5, 5.41) is 5.04. The van der Waals surface area contributed by atoms with Crippen molar-refractivity contribution in [2.75, 3.05) is 6.54 Å². The van der Waals surface area contributed by atoms with Crippen molar-refractivity contribution < 1.29 is 9.18 Å². The molecule has 1 aromatic heterocycles. The third-order valence-electron chi connectivity index (χ3n) is 4.24. The normalized spacial score (nSPS) is 18.5. The van der Waals surface area contributed by atoms with Crippen LogP contribution >= 0.6 is 11.3 Å². The Kier molecular flexibility index (Phi) is 5.28. The van der Waals surface area contributed by atoms with Gasteiger partial charge in [0.05, 0.1) is 6.04 Å². The zero-order chi connectivity index (χ0) is 16.1. The summed E-state index contributed by atoms with van der Waals surface area (Å²) in [6, 6.07) is 10.5. The van der Waals surface area contributed by atoms with Gasteiger partial charge in [-0.3, -0.25) is 0 Å². The van der Waals surface area contributed by atoms with Crippen LogP contribution < -0.4 is 5.32 Å². The maximum Gasteiger partial charge on any atom is 0.318 e. The minimum Gasteiger partial charge on any atom is -0.334 e. The molecule has 0 bridgehead atoms. The average molecular weight is 332 g/mol. The largest absolute Gasteiger partial charge is 0.334 e. The third kappa shape index (κ3) is 4.10. The van der Waals surface area contributed by atoms with Crippen LogP contribution in [0.15, 0.2) is 41.8 Å². The van der Waals surface area contributed by atoms with E-state index in [-0.39, 0.29) is 17.9 Å². The first-order valence-electron chi connectivity index (χ1n) is 8.06. The Morgan fingerprint density at radius 1 is 1.22 bits per heavy atom. The molecule has 1 unspecified atom stereocenters. The Balaban J connectivity index is 1.66. The Hall–Kier alpha value is -1.88. The molecule has 1 fully saturated rings. The van der Waals surface area contributed by atoms with Crippen molar-refractivity contribution in [2.24, 2.45) is 0 Å². The predicted octanol–water partition coefficient (Wildman–Crippen LogP) is 4.71. The number of carbonyl (C=O) groups excluding carboxylic acids is 1. The molecule has 3 rings (SSSR count). The van der Waals surface area contributed by atoms with E-state index in [1.165, 1.54) is 23.4 Å². The first-order valence-corrected chi connectivity index (χ1v) is 8.94. The molecule has 3 nitrogen and oxygen atoms in total. The minimum absolute atomic E-state index is 0.0328. The predicted molar refractivity (Wildman–Crippen MR) is 90.9 cm³/mol. The second-order valence-electron chi connectivity index (χ2n) is 5.86. The summed E-state index contributed by atoms with van der Waals surface area (Å²) in [6.07, 6.45) is 4.39. The zero-order valence-corrected chi connectivity index (χ0v) is 13.8. The van der Waals surface area contributed by atoms with Gasteiger partial charge in [0.25, 0.3) is 0 Å². The molecule has 2 aromatic rings. The van der Waals surface area contributed by atoms with Crippen molar-refractivity contribution in [1.82, 2.24) is 10.2 Å². The Morgan fingerprint density at radius 2 is 2.04 bits per heavy atom. The van der Waals surface area contributed by atoms with Crippen molar-refractivity contribution >= 4 is 17.4 Å². The van der Waals surface area contributed by atoms with E-state index in [0.29, 0.717) is 6.54 Å². The number of hydrogen-bond acceptors (Lipinski definition) is 2. The fraction of sp³-hybridized carbons (Fsp3) is 0.389. The highest BCUT2D eigenvalue weighted by molar-refractivity contribution is 7.10. The average Bonchev–Trinajstić information content (AvgIpc) is 2.98. The van der Waals surface area contributed by atoms with Crippen LogP contribution in [0.5, 0.6) is 0 Å².